The van der Waals surface area contributed by atoms with Gasteiger partial charge in [-0.3, -0.25) is 4.79 Å². The summed E-state index contributed by atoms with van der Waals surface area (Å²) in [6, 6.07) is 17.6. The molecule has 1 unspecified atom stereocenters. The molecule has 0 spiro atoms. The number of aryl methyl sites for hydroxylation is 1. The van der Waals surface area contributed by atoms with Crippen LogP contribution in [0.15, 0.2) is 54.6 Å². The van der Waals surface area contributed by atoms with Crippen molar-refractivity contribution in [3.8, 4) is 5.75 Å². The molecule has 6 heteroatoms. The van der Waals surface area contributed by atoms with Gasteiger partial charge in [-0.25, -0.2) is 9.97 Å². The summed E-state index contributed by atoms with van der Waals surface area (Å²) in [5.41, 5.74) is 3.46. The van der Waals surface area contributed by atoms with Crippen molar-refractivity contribution in [2.24, 2.45) is 0 Å². The maximum atomic E-state index is 12.8. The average molecular weight is 388 g/mol. The van der Waals surface area contributed by atoms with Gasteiger partial charge in [0, 0.05) is 23.5 Å². The minimum atomic E-state index is -0.263. The fraction of sp³-hybridized carbons (Fsp3) is 0.261. The molecule has 1 aliphatic heterocycles. The molecule has 0 bridgehead atoms. The van der Waals surface area contributed by atoms with Crippen molar-refractivity contribution in [1.29, 1.82) is 0 Å². The molecule has 3 aromatic rings. The molecule has 4 rings (SSSR count). The Bertz CT molecular complexity index is 1030. The van der Waals surface area contributed by atoms with Crippen molar-refractivity contribution in [1.82, 2.24) is 9.97 Å². The Kier molecular flexibility index (Phi) is 5.16. The van der Waals surface area contributed by atoms with Gasteiger partial charge in [0.25, 0.3) is 5.91 Å². The van der Waals surface area contributed by atoms with Crippen LogP contribution in [0.5, 0.6) is 5.75 Å². The van der Waals surface area contributed by atoms with Crippen molar-refractivity contribution >= 4 is 23.1 Å². The Morgan fingerprint density at radius 1 is 1.17 bits per heavy atom. The first-order chi connectivity index (χ1) is 14.0. The highest BCUT2D eigenvalue weighted by atomic mass is 16.5. The number of anilines is 3. The normalized spacial score (nSPS) is 15.1. The third kappa shape index (κ3) is 3.92. The number of nitrogens with one attached hydrogen (secondary N) is 1. The Hall–Kier alpha value is -3.41. The predicted octanol–water partition coefficient (Wildman–Crippen LogP) is 4.52. The van der Waals surface area contributed by atoms with Crippen LogP contribution in [0.2, 0.25) is 0 Å². The van der Waals surface area contributed by atoms with Gasteiger partial charge in [0.2, 0.25) is 0 Å². The summed E-state index contributed by atoms with van der Waals surface area (Å²) in [5.74, 6) is 1.82. The first-order valence-corrected chi connectivity index (χ1v) is 9.82. The molecule has 0 saturated heterocycles. The number of carbonyl (C=O) groups excluding carboxylic acids is 1. The fourth-order valence-electron chi connectivity index (χ4n) is 3.70. The summed E-state index contributed by atoms with van der Waals surface area (Å²) in [4.78, 5) is 24.0. The summed E-state index contributed by atoms with van der Waals surface area (Å²) in [6.45, 7) is 6.51. The van der Waals surface area contributed by atoms with E-state index in [0.717, 1.165) is 23.7 Å². The predicted molar refractivity (Wildman–Crippen MR) is 114 cm³/mol. The molecule has 6 nitrogen and oxygen atoms in total. The zero-order chi connectivity index (χ0) is 20.4. The highest BCUT2D eigenvalue weighted by molar-refractivity contribution is 6.03. The van der Waals surface area contributed by atoms with E-state index in [4.69, 9.17) is 4.74 Å². The molecule has 1 aromatic heterocycles. The monoisotopic (exact) mass is 388 g/mol. The van der Waals surface area contributed by atoms with Gasteiger partial charge in [0.15, 0.2) is 0 Å². The number of ether oxygens (including phenoxy) is 1. The third-order valence-corrected chi connectivity index (χ3v) is 4.93. The molecule has 1 amide bonds. The van der Waals surface area contributed by atoms with Gasteiger partial charge >= 0.3 is 0 Å². The van der Waals surface area contributed by atoms with Crippen LogP contribution in [0.4, 0.5) is 17.2 Å². The number of benzene rings is 2. The van der Waals surface area contributed by atoms with Gasteiger partial charge in [0.1, 0.15) is 23.1 Å². The molecule has 0 aliphatic carbocycles. The first-order valence-electron chi connectivity index (χ1n) is 9.82. The summed E-state index contributed by atoms with van der Waals surface area (Å²) >= 11 is 0. The Morgan fingerprint density at radius 3 is 2.69 bits per heavy atom. The third-order valence-electron chi connectivity index (χ3n) is 4.93. The Labute approximate surface area is 170 Å². The summed E-state index contributed by atoms with van der Waals surface area (Å²) in [6.07, 6.45) is 0.951. The standard InChI is InChI=1S/C23H24N4O2/c1-4-29-19-11-9-18(10-12-19)26-23(28)20-14-22(25-16(3)24-20)27-15(2)13-17-7-5-6-8-21(17)27/h5-12,14-15H,4,13H2,1-3H3,(H,26,28). The van der Waals surface area contributed by atoms with Crippen molar-refractivity contribution < 1.29 is 9.53 Å². The van der Waals surface area contributed by atoms with Crippen molar-refractivity contribution in [3.63, 3.8) is 0 Å². The molecule has 0 fully saturated rings. The van der Waals surface area contributed by atoms with E-state index in [2.05, 4.69) is 45.3 Å². The molecule has 1 aliphatic rings. The van der Waals surface area contributed by atoms with Gasteiger partial charge in [-0.2, -0.15) is 0 Å². The molecular weight excluding hydrogens is 364 g/mol. The second kappa shape index (κ2) is 7.91. The second-order valence-corrected chi connectivity index (χ2v) is 7.12. The molecule has 2 heterocycles. The maximum Gasteiger partial charge on any atom is 0.274 e. The van der Waals surface area contributed by atoms with Gasteiger partial charge in [-0.05, 0) is 63.1 Å². The number of para-hydroxylation sites is 1. The number of fused-ring (bicyclic) bond motifs is 1. The van der Waals surface area contributed by atoms with Crippen LogP contribution in [0, 0.1) is 6.92 Å². The van der Waals surface area contributed by atoms with E-state index in [0.29, 0.717) is 23.8 Å². The fourth-order valence-corrected chi connectivity index (χ4v) is 3.70. The number of hydrogen-bond acceptors (Lipinski definition) is 5. The summed E-state index contributed by atoms with van der Waals surface area (Å²) in [7, 11) is 0. The summed E-state index contributed by atoms with van der Waals surface area (Å²) < 4.78 is 5.44. The average Bonchev–Trinajstić information content (AvgIpc) is 3.05. The highest BCUT2D eigenvalue weighted by Crippen LogP contribution is 2.37. The number of carbonyl (C=O) groups is 1. The number of aromatic nitrogens is 2. The van der Waals surface area contributed by atoms with Crippen molar-refractivity contribution in [2.45, 2.75) is 33.2 Å². The van der Waals surface area contributed by atoms with Crippen molar-refractivity contribution in [2.75, 3.05) is 16.8 Å². The van der Waals surface area contributed by atoms with Crippen molar-refractivity contribution in [3.05, 3.63) is 71.7 Å². The largest absolute Gasteiger partial charge is 0.494 e. The number of amides is 1. The van der Waals surface area contributed by atoms with E-state index in [9.17, 15) is 4.79 Å². The molecular formula is C23H24N4O2. The quantitative estimate of drug-likeness (QED) is 0.696. The van der Waals surface area contributed by atoms with Crippen LogP contribution in [-0.2, 0) is 6.42 Å². The minimum absolute atomic E-state index is 0.263. The van der Waals surface area contributed by atoms with Crippen LogP contribution < -0.4 is 15.0 Å². The van der Waals surface area contributed by atoms with E-state index in [1.54, 1.807) is 6.07 Å². The van der Waals surface area contributed by atoms with E-state index in [1.165, 1.54) is 5.56 Å². The molecule has 1 atom stereocenters. The molecule has 1 N–H and O–H groups in total. The molecule has 29 heavy (non-hydrogen) atoms. The lowest BCUT2D eigenvalue weighted by Gasteiger charge is -2.24. The van der Waals surface area contributed by atoms with Crippen LogP contribution in [0.1, 0.15) is 35.7 Å². The molecule has 2 aromatic carbocycles. The van der Waals surface area contributed by atoms with Crippen LogP contribution in [0.3, 0.4) is 0 Å². The minimum Gasteiger partial charge on any atom is -0.494 e. The maximum absolute atomic E-state index is 12.8. The lowest BCUT2D eigenvalue weighted by atomic mass is 10.1. The first kappa shape index (κ1) is 18.9. The van der Waals surface area contributed by atoms with E-state index in [-0.39, 0.29) is 11.9 Å². The van der Waals surface area contributed by atoms with Gasteiger partial charge < -0.3 is 15.0 Å². The van der Waals surface area contributed by atoms with Gasteiger partial charge in [-0.1, -0.05) is 18.2 Å². The van der Waals surface area contributed by atoms with Gasteiger partial charge in [0.05, 0.1) is 6.61 Å². The molecule has 0 saturated carbocycles. The molecule has 0 radical (unpaired) electrons. The number of hydrogen-bond donors (Lipinski definition) is 1. The van der Waals surface area contributed by atoms with Crippen LogP contribution in [-0.4, -0.2) is 28.5 Å². The SMILES string of the molecule is CCOc1ccc(NC(=O)c2cc(N3c4ccccc4CC3C)nc(C)n2)cc1. The van der Waals surface area contributed by atoms with E-state index in [1.807, 2.05) is 44.2 Å². The van der Waals surface area contributed by atoms with Crippen LogP contribution >= 0.6 is 0 Å². The lowest BCUT2D eigenvalue weighted by Crippen LogP contribution is -2.26. The Balaban J connectivity index is 1.59. The lowest BCUT2D eigenvalue weighted by molar-refractivity contribution is 0.102. The Morgan fingerprint density at radius 2 is 1.93 bits per heavy atom. The smallest absolute Gasteiger partial charge is 0.274 e. The number of rotatable bonds is 5. The zero-order valence-electron chi connectivity index (χ0n) is 16.8. The van der Waals surface area contributed by atoms with Crippen LogP contribution in [0.25, 0.3) is 0 Å². The zero-order valence-corrected chi connectivity index (χ0v) is 16.8. The molecule has 148 valence electrons. The van der Waals surface area contributed by atoms with E-state index >= 15 is 0 Å². The van der Waals surface area contributed by atoms with Gasteiger partial charge in [-0.15, -0.1) is 0 Å². The topological polar surface area (TPSA) is 67.3 Å². The number of nitrogens with zero attached hydrogens (tertiary/aromatic N) is 3. The summed E-state index contributed by atoms with van der Waals surface area (Å²) in [5, 5.41) is 2.90. The van der Waals surface area contributed by atoms with E-state index < -0.39 is 0 Å². The second-order valence-electron chi connectivity index (χ2n) is 7.12. The highest BCUT2D eigenvalue weighted by Gasteiger charge is 2.28.